The Morgan fingerprint density at radius 3 is 2.07 bits per heavy atom. The molecule has 4 rings (SSSR count). The fourth-order valence-corrected chi connectivity index (χ4v) is 3.10. The van der Waals surface area contributed by atoms with Gasteiger partial charge in [-0.3, -0.25) is 0 Å². The van der Waals surface area contributed by atoms with Crippen LogP contribution in [0.2, 0.25) is 0 Å². The SMILES string of the molecule is Cc1cc(C#Cc2cnc3c(c2)NCCO3)cnc1-n1cnn(CC(CN)=C(F)F)c1=O.O=C(O)C(F)(F)F.O=C(O)C(F)(F)F. The number of nitrogens with zero attached hydrogens (tertiary/aromatic N) is 5. The molecule has 0 radical (unpaired) electrons. The van der Waals surface area contributed by atoms with Gasteiger partial charge in [0.25, 0.3) is 6.08 Å². The second-order valence-corrected chi connectivity index (χ2v) is 8.58. The molecule has 4 heterocycles. The van der Waals surface area contributed by atoms with E-state index in [4.69, 9.17) is 30.3 Å². The third-order valence-corrected chi connectivity index (χ3v) is 5.21. The van der Waals surface area contributed by atoms with Crippen LogP contribution in [0.25, 0.3) is 5.82 Å². The first-order chi connectivity index (χ1) is 21.3. The Bertz CT molecular complexity index is 1690. The molecule has 46 heavy (non-hydrogen) atoms. The third kappa shape index (κ3) is 10.6. The van der Waals surface area contributed by atoms with Gasteiger partial charge in [-0.25, -0.2) is 33.6 Å². The first-order valence-electron chi connectivity index (χ1n) is 12.2. The number of fused-ring (bicyclic) bond motifs is 1. The minimum absolute atomic E-state index is 0.336. The summed E-state index contributed by atoms with van der Waals surface area (Å²) in [5.41, 5.74) is 7.17. The molecule has 0 unspecified atom stereocenters. The number of rotatable bonds is 4. The highest BCUT2D eigenvalue weighted by Crippen LogP contribution is 2.24. The minimum Gasteiger partial charge on any atom is -0.475 e. The summed E-state index contributed by atoms with van der Waals surface area (Å²) in [7, 11) is 0. The van der Waals surface area contributed by atoms with Crippen LogP contribution in [0, 0.1) is 18.8 Å². The molecule has 0 bridgehead atoms. The highest BCUT2D eigenvalue weighted by Gasteiger charge is 2.38. The lowest BCUT2D eigenvalue weighted by Gasteiger charge is -2.17. The Balaban J connectivity index is 0.000000440. The molecule has 0 aromatic carbocycles. The van der Waals surface area contributed by atoms with Gasteiger partial charge in [0.05, 0.1) is 12.2 Å². The van der Waals surface area contributed by atoms with Crippen molar-refractivity contribution in [3.63, 3.8) is 0 Å². The number of aliphatic carboxylic acids is 2. The minimum atomic E-state index is -5.08. The van der Waals surface area contributed by atoms with Crippen LogP contribution < -0.4 is 21.5 Å². The summed E-state index contributed by atoms with van der Waals surface area (Å²) in [5, 5.41) is 21.3. The van der Waals surface area contributed by atoms with E-state index >= 15 is 0 Å². The van der Waals surface area contributed by atoms with Crippen molar-refractivity contribution in [3.8, 4) is 23.5 Å². The van der Waals surface area contributed by atoms with Crippen LogP contribution in [0.3, 0.4) is 0 Å². The number of carbonyl (C=O) groups is 2. The van der Waals surface area contributed by atoms with Crippen LogP contribution in [0.1, 0.15) is 16.7 Å². The number of nitrogens with one attached hydrogen (secondary N) is 1. The largest absolute Gasteiger partial charge is 0.490 e. The van der Waals surface area contributed by atoms with E-state index in [9.17, 15) is 39.9 Å². The van der Waals surface area contributed by atoms with Crippen molar-refractivity contribution in [2.75, 3.05) is 25.0 Å². The van der Waals surface area contributed by atoms with Crippen LogP contribution in [-0.4, -0.2) is 78.5 Å². The quantitative estimate of drug-likeness (QED) is 0.237. The summed E-state index contributed by atoms with van der Waals surface area (Å²) < 4.78 is 96.7. The third-order valence-electron chi connectivity index (χ3n) is 5.21. The number of halogens is 8. The fourth-order valence-electron chi connectivity index (χ4n) is 3.10. The van der Waals surface area contributed by atoms with Gasteiger partial charge >= 0.3 is 30.0 Å². The predicted octanol–water partition coefficient (Wildman–Crippen LogP) is 2.71. The van der Waals surface area contributed by atoms with Crippen LogP contribution in [0.4, 0.5) is 40.8 Å². The monoisotopic (exact) mass is 667 g/mol. The molecule has 0 fully saturated rings. The van der Waals surface area contributed by atoms with Gasteiger partial charge in [-0.05, 0) is 24.6 Å². The van der Waals surface area contributed by atoms with E-state index in [1.165, 1.54) is 17.1 Å². The Kier molecular flexibility index (Phi) is 12.3. The first-order valence-corrected chi connectivity index (χ1v) is 12.2. The van der Waals surface area contributed by atoms with Crippen molar-refractivity contribution in [3.05, 3.63) is 69.7 Å². The summed E-state index contributed by atoms with van der Waals surface area (Å²) in [5.74, 6) is 1.43. The second kappa shape index (κ2) is 15.5. The molecule has 0 saturated carbocycles. The zero-order chi connectivity index (χ0) is 34.8. The maximum Gasteiger partial charge on any atom is 0.490 e. The van der Waals surface area contributed by atoms with Gasteiger partial charge < -0.3 is 26.0 Å². The normalized spacial score (nSPS) is 11.9. The van der Waals surface area contributed by atoms with E-state index in [2.05, 4.69) is 32.2 Å². The number of carboxylic acid groups (broad SMARTS) is 2. The number of alkyl halides is 6. The van der Waals surface area contributed by atoms with Crippen molar-refractivity contribution in [1.82, 2.24) is 24.3 Å². The van der Waals surface area contributed by atoms with E-state index in [1.807, 2.05) is 6.07 Å². The van der Waals surface area contributed by atoms with Crippen molar-refractivity contribution < 1.29 is 59.7 Å². The van der Waals surface area contributed by atoms with Gasteiger partial charge in [-0.1, -0.05) is 11.8 Å². The molecule has 0 aliphatic carbocycles. The average molecular weight is 667 g/mol. The molecular formula is C25H21F8N7O6. The van der Waals surface area contributed by atoms with Gasteiger partial charge in [-0.15, -0.1) is 0 Å². The Labute approximate surface area is 251 Å². The molecule has 0 amide bonds. The molecular weight excluding hydrogens is 646 g/mol. The summed E-state index contributed by atoms with van der Waals surface area (Å²) >= 11 is 0. The smallest absolute Gasteiger partial charge is 0.475 e. The second-order valence-electron chi connectivity index (χ2n) is 8.58. The molecule has 0 atom stereocenters. The van der Waals surface area contributed by atoms with E-state index in [-0.39, 0.29) is 18.7 Å². The van der Waals surface area contributed by atoms with E-state index in [0.29, 0.717) is 41.5 Å². The molecule has 3 aromatic heterocycles. The van der Waals surface area contributed by atoms with Crippen molar-refractivity contribution in [1.29, 1.82) is 0 Å². The zero-order valence-electron chi connectivity index (χ0n) is 23.1. The van der Waals surface area contributed by atoms with Crippen LogP contribution in [0.5, 0.6) is 5.88 Å². The molecule has 0 spiro atoms. The van der Waals surface area contributed by atoms with Gasteiger partial charge in [0, 0.05) is 42.2 Å². The zero-order valence-corrected chi connectivity index (χ0v) is 23.1. The van der Waals surface area contributed by atoms with Crippen molar-refractivity contribution in [2.45, 2.75) is 25.8 Å². The van der Waals surface area contributed by atoms with Crippen molar-refractivity contribution >= 4 is 17.6 Å². The van der Waals surface area contributed by atoms with Crippen molar-refractivity contribution in [2.24, 2.45) is 5.73 Å². The lowest BCUT2D eigenvalue weighted by atomic mass is 10.2. The molecule has 0 saturated heterocycles. The summed E-state index contributed by atoms with van der Waals surface area (Å²) in [6, 6.07) is 3.64. The predicted molar refractivity (Wildman–Crippen MR) is 140 cm³/mol. The van der Waals surface area contributed by atoms with Gasteiger partial charge in [0.1, 0.15) is 18.8 Å². The summed E-state index contributed by atoms with van der Waals surface area (Å²) in [6.07, 6.45) is -7.69. The molecule has 5 N–H and O–H groups in total. The molecule has 13 nitrogen and oxygen atoms in total. The summed E-state index contributed by atoms with van der Waals surface area (Å²) in [6.45, 7) is 2.29. The number of anilines is 1. The topological polar surface area (TPSA) is 187 Å². The molecule has 3 aromatic rings. The number of hydrogen-bond donors (Lipinski definition) is 4. The first kappa shape index (κ1) is 36.7. The number of nitrogens with two attached hydrogens (primary N) is 1. The molecule has 1 aliphatic heterocycles. The van der Waals surface area contributed by atoms with Gasteiger partial charge in [-0.2, -0.15) is 40.2 Å². The number of ether oxygens (including phenoxy) is 1. The highest BCUT2D eigenvalue weighted by molar-refractivity contribution is 5.73. The number of aromatic nitrogens is 5. The lowest BCUT2D eigenvalue weighted by Crippen LogP contribution is -2.27. The number of pyridine rings is 2. The fraction of sp³-hybridized carbons (Fsp3) is 0.280. The Hall–Kier alpha value is -5.52. The number of hydrogen-bond acceptors (Lipinski definition) is 9. The Morgan fingerprint density at radius 2 is 1.57 bits per heavy atom. The molecule has 248 valence electrons. The highest BCUT2D eigenvalue weighted by atomic mass is 19.4. The number of carboxylic acids is 2. The van der Waals surface area contributed by atoms with E-state index in [1.54, 1.807) is 19.2 Å². The van der Waals surface area contributed by atoms with E-state index in [0.717, 1.165) is 10.4 Å². The molecule has 21 heteroatoms. The van der Waals surface area contributed by atoms with Gasteiger partial charge in [0.15, 0.2) is 0 Å². The molecule has 1 aliphatic rings. The van der Waals surface area contributed by atoms with Gasteiger partial charge in [0.2, 0.25) is 5.88 Å². The Morgan fingerprint density at radius 1 is 1.02 bits per heavy atom. The summed E-state index contributed by atoms with van der Waals surface area (Å²) in [4.78, 5) is 38.9. The van der Waals surface area contributed by atoms with Crippen LogP contribution in [0.15, 0.2) is 47.3 Å². The van der Waals surface area contributed by atoms with Crippen LogP contribution >= 0.6 is 0 Å². The van der Waals surface area contributed by atoms with Crippen LogP contribution in [-0.2, 0) is 16.1 Å². The standard InChI is InChI=1S/C21H19F2N7O2.2C2HF3O2/c1-13-6-14(2-3-15-7-17-20(27-10-15)32-5-4-25-17)9-26-19(13)29-12-28-30(21(29)31)11-16(8-24)18(22)23;2*3-2(4,5)1(6)7/h6-7,9-10,12,25H,4-5,8,11,24H2,1H3;2*(H,6,7). The maximum absolute atomic E-state index is 12.8. The number of aryl methyl sites for hydroxylation is 1. The lowest BCUT2D eigenvalue weighted by molar-refractivity contribution is -0.193. The average Bonchev–Trinajstić information content (AvgIpc) is 3.33. The van der Waals surface area contributed by atoms with E-state index < -0.39 is 36.1 Å². The maximum atomic E-state index is 12.8.